The number of nitriles is 1. The Morgan fingerprint density at radius 1 is 1.22 bits per heavy atom. The van der Waals surface area contributed by atoms with E-state index in [0.717, 1.165) is 5.56 Å². The fourth-order valence-corrected chi connectivity index (χ4v) is 1.82. The van der Waals surface area contributed by atoms with Gasteiger partial charge in [-0.15, -0.1) is 12.6 Å². The minimum atomic E-state index is -0.481. The van der Waals surface area contributed by atoms with Crippen molar-refractivity contribution >= 4 is 24.6 Å². The molecule has 1 aromatic carbocycles. The molecule has 0 spiro atoms. The summed E-state index contributed by atoms with van der Waals surface area (Å²) in [6.07, 6.45) is 3.54. The molecule has 5 heteroatoms. The summed E-state index contributed by atoms with van der Waals surface area (Å²) >= 11 is 4.12. The Balaban J connectivity index is 2.29. The van der Waals surface area contributed by atoms with Crippen molar-refractivity contribution in [2.45, 2.75) is 5.50 Å². The van der Waals surface area contributed by atoms with Crippen LogP contribution < -0.4 is 10.6 Å². The number of amides is 1. The molecule has 18 heavy (non-hydrogen) atoms. The first-order chi connectivity index (χ1) is 8.70. The third-order valence-corrected chi connectivity index (χ3v) is 2.67. The summed E-state index contributed by atoms with van der Waals surface area (Å²) in [4.78, 5) is 11.5. The Kier molecular flexibility index (Phi) is 3.70. The van der Waals surface area contributed by atoms with Crippen molar-refractivity contribution < 1.29 is 4.79 Å². The third-order valence-electron chi connectivity index (χ3n) is 2.41. The van der Waals surface area contributed by atoms with Gasteiger partial charge < -0.3 is 10.6 Å². The highest BCUT2D eigenvalue weighted by Gasteiger charge is 2.22. The first-order valence-corrected chi connectivity index (χ1v) is 5.85. The van der Waals surface area contributed by atoms with Crippen molar-refractivity contribution in [3.63, 3.8) is 0 Å². The second-order valence-corrected chi connectivity index (χ2v) is 4.18. The van der Waals surface area contributed by atoms with Gasteiger partial charge in [0, 0.05) is 0 Å². The van der Waals surface area contributed by atoms with Crippen LogP contribution in [0.4, 0.5) is 0 Å². The Morgan fingerprint density at radius 2 is 1.94 bits per heavy atom. The highest BCUT2D eigenvalue weighted by molar-refractivity contribution is 7.80. The third kappa shape index (κ3) is 2.73. The Hall–Kier alpha value is -2.19. The molecule has 0 aromatic heterocycles. The topological polar surface area (TPSA) is 64.9 Å². The average molecular weight is 257 g/mol. The van der Waals surface area contributed by atoms with Crippen molar-refractivity contribution in [2.24, 2.45) is 0 Å². The number of nitrogens with zero attached hydrogens (tertiary/aromatic N) is 1. The predicted molar refractivity (Wildman–Crippen MR) is 72.2 cm³/mol. The van der Waals surface area contributed by atoms with Gasteiger partial charge in [-0.05, 0) is 11.6 Å². The summed E-state index contributed by atoms with van der Waals surface area (Å²) < 4.78 is 0. The van der Waals surface area contributed by atoms with Crippen molar-refractivity contribution in [1.82, 2.24) is 10.6 Å². The summed E-state index contributed by atoms with van der Waals surface area (Å²) in [5, 5.41) is 14.4. The van der Waals surface area contributed by atoms with E-state index in [0.29, 0.717) is 5.70 Å². The fraction of sp³-hybridized carbons (Fsp3) is 0.0769. The lowest BCUT2D eigenvalue weighted by Crippen LogP contribution is -2.46. The van der Waals surface area contributed by atoms with E-state index in [9.17, 15) is 4.79 Å². The number of carbonyl (C=O) groups is 1. The van der Waals surface area contributed by atoms with E-state index < -0.39 is 11.4 Å². The van der Waals surface area contributed by atoms with Crippen LogP contribution in [-0.2, 0) is 4.79 Å². The Labute approximate surface area is 110 Å². The molecule has 4 nitrogen and oxygen atoms in total. The van der Waals surface area contributed by atoms with E-state index >= 15 is 0 Å². The fourth-order valence-electron chi connectivity index (χ4n) is 1.56. The van der Waals surface area contributed by atoms with E-state index in [4.69, 9.17) is 5.26 Å². The molecule has 0 fully saturated rings. The molecule has 1 amide bonds. The van der Waals surface area contributed by atoms with Gasteiger partial charge in [0.1, 0.15) is 17.1 Å². The molecule has 0 saturated heterocycles. The molecule has 1 aliphatic heterocycles. The van der Waals surface area contributed by atoms with E-state index in [1.165, 1.54) is 0 Å². The second-order valence-electron chi connectivity index (χ2n) is 3.66. The van der Waals surface area contributed by atoms with Crippen LogP contribution in [0.2, 0.25) is 0 Å². The van der Waals surface area contributed by atoms with Crippen LogP contribution in [0.1, 0.15) is 5.56 Å². The number of allylic oxidation sites excluding steroid dienone is 1. The lowest BCUT2D eigenvalue weighted by molar-refractivity contribution is -0.117. The quantitative estimate of drug-likeness (QED) is 0.702. The minimum Gasteiger partial charge on any atom is -0.356 e. The molecule has 1 aromatic rings. The first kappa shape index (κ1) is 12.3. The number of hydrogen-bond donors (Lipinski definition) is 3. The zero-order valence-electron chi connectivity index (χ0n) is 9.42. The Morgan fingerprint density at radius 3 is 2.61 bits per heavy atom. The maximum Gasteiger partial charge on any atom is 0.266 e. The molecule has 0 bridgehead atoms. The number of carbonyl (C=O) groups excluding carboxylic acids is 1. The highest BCUT2D eigenvalue weighted by atomic mass is 32.1. The van der Waals surface area contributed by atoms with Crippen LogP contribution in [0.3, 0.4) is 0 Å². The molecule has 1 aliphatic rings. The van der Waals surface area contributed by atoms with Gasteiger partial charge in [-0.2, -0.15) is 5.26 Å². The molecule has 2 rings (SSSR count). The van der Waals surface area contributed by atoms with Gasteiger partial charge in [-0.3, -0.25) is 4.79 Å². The van der Waals surface area contributed by atoms with Gasteiger partial charge in [0.25, 0.3) is 5.91 Å². The Bertz CT molecular complexity index is 557. The van der Waals surface area contributed by atoms with Crippen molar-refractivity contribution in [3.8, 4) is 6.07 Å². The first-order valence-electron chi connectivity index (χ1n) is 5.33. The van der Waals surface area contributed by atoms with Crippen molar-refractivity contribution in [2.75, 3.05) is 0 Å². The minimum absolute atomic E-state index is 0.0625. The molecule has 1 heterocycles. The van der Waals surface area contributed by atoms with Crippen molar-refractivity contribution in [3.05, 3.63) is 53.2 Å². The molecule has 0 aliphatic carbocycles. The lowest BCUT2D eigenvalue weighted by Gasteiger charge is -2.22. The maximum atomic E-state index is 11.5. The van der Waals surface area contributed by atoms with Gasteiger partial charge in [0.05, 0.1) is 5.70 Å². The summed E-state index contributed by atoms with van der Waals surface area (Å²) in [5.74, 6) is -0.413. The molecular formula is C13H11N3OS. The molecule has 2 N–H and O–H groups in total. The SMILES string of the molecule is N#CC1=C(/C=C/c2ccccc2)NC(S)NC1=O. The number of benzene rings is 1. The molecule has 0 radical (unpaired) electrons. The smallest absolute Gasteiger partial charge is 0.266 e. The van der Waals surface area contributed by atoms with Crippen LogP contribution in [-0.4, -0.2) is 11.4 Å². The molecule has 1 atom stereocenters. The molecule has 0 saturated carbocycles. The van der Waals surface area contributed by atoms with Gasteiger partial charge in [-0.1, -0.05) is 36.4 Å². The van der Waals surface area contributed by atoms with Crippen LogP contribution in [0.25, 0.3) is 6.08 Å². The van der Waals surface area contributed by atoms with E-state index in [2.05, 4.69) is 23.3 Å². The van der Waals surface area contributed by atoms with Gasteiger partial charge in [-0.25, -0.2) is 0 Å². The summed E-state index contributed by atoms with van der Waals surface area (Å²) in [6.45, 7) is 0. The van der Waals surface area contributed by atoms with Crippen LogP contribution >= 0.6 is 12.6 Å². The average Bonchev–Trinajstić information content (AvgIpc) is 2.37. The van der Waals surface area contributed by atoms with E-state index in [-0.39, 0.29) is 5.57 Å². The highest BCUT2D eigenvalue weighted by Crippen LogP contribution is 2.12. The normalized spacial score (nSPS) is 19.3. The van der Waals surface area contributed by atoms with Crippen molar-refractivity contribution in [1.29, 1.82) is 5.26 Å². The lowest BCUT2D eigenvalue weighted by atomic mass is 10.1. The molecule has 90 valence electrons. The number of rotatable bonds is 2. The zero-order chi connectivity index (χ0) is 13.0. The number of hydrogen-bond acceptors (Lipinski definition) is 4. The van der Waals surface area contributed by atoms with Gasteiger partial charge in [0.15, 0.2) is 0 Å². The van der Waals surface area contributed by atoms with E-state index in [1.807, 2.05) is 42.5 Å². The predicted octanol–water partition coefficient (Wildman–Crippen LogP) is 1.41. The standard InChI is InChI=1S/C13H11N3OS/c14-8-10-11(15-13(18)16-12(10)17)7-6-9-4-2-1-3-5-9/h1-7,13,15,18H,(H,16,17)/b7-6+. The zero-order valence-corrected chi connectivity index (χ0v) is 10.3. The summed E-state index contributed by atoms with van der Waals surface area (Å²) in [5.41, 5.74) is 1.05. The summed E-state index contributed by atoms with van der Waals surface area (Å²) in [6, 6.07) is 11.5. The second kappa shape index (κ2) is 5.43. The van der Waals surface area contributed by atoms with Crippen LogP contribution in [0.5, 0.6) is 0 Å². The molecule has 1 unspecified atom stereocenters. The maximum absolute atomic E-state index is 11.5. The van der Waals surface area contributed by atoms with Crippen LogP contribution in [0.15, 0.2) is 47.7 Å². The monoisotopic (exact) mass is 257 g/mol. The number of nitrogens with one attached hydrogen (secondary N) is 2. The van der Waals surface area contributed by atoms with E-state index in [1.54, 1.807) is 6.08 Å². The largest absolute Gasteiger partial charge is 0.356 e. The van der Waals surface area contributed by atoms with Gasteiger partial charge >= 0.3 is 0 Å². The molecular weight excluding hydrogens is 246 g/mol. The van der Waals surface area contributed by atoms with Crippen LogP contribution in [0, 0.1) is 11.3 Å². The summed E-state index contributed by atoms with van der Waals surface area (Å²) in [7, 11) is 0. The van der Waals surface area contributed by atoms with Gasteiger partial charge in [0.2, 0.25) is 0 Å². The number of thiol groups is 1.